The van der Waals surface area contributed by atoms with Crippen LogP contribution in [0.15, 0.2) is 24.3 Å². The quantitative estimate of drug-likeness (QED) is 0.730. The number of nitrogens with one attached hydrogen (secondary N) is 1. The highest BCUT2D eigenvalue weighted by Crippen LogP contribution is 2.26. The van der Waals surface area contributed by atoms with E-state index in [1.807, 2.05) is 0 Å². The molecule has 0 saturated carbocycles. The second-order valence-electron chi connectivity index (χ2n) is 6.22. The molecule has 2 rings (SSSR count). The number of aromatic nitrogens is 1. The molecule has 2 nitrogen and oxygen atoms in total. The maximum Gasteiger partial charge on any atom is 0.107 e. The van der Waals surface area contributed by atoms with Gasteiger partial charge in [0, 0.05) is 21.8 Å². The van der Waals surface area contributed by atoms with Crippen molar-refractivity contribution in [2.24, 2.45) is 0 Å². The van der Waals surface area contributed by atoms with E-state index >= 15 is 0 Å². The van der Waals surface area contributed by atoms with Gasteiger partial charge in [-0.25, -0.2) is 0 Å². The van der Waals surface area contributed by atoms with Crippen LogP contribution in [0, 0.1) is 0 Å². The Kier molecular flexibility index (Phi) is 5.28. The highest BCUT2D eigenvalue weighted by molar-refractivity contribution is 6.91. The topological polar surface area (TPSA) is 25.0 Å². The Morgan fingerprint density at radius 3 is 2.24 bits per heavy atom. The van der Waals surface area contributed by atoms with E-state index in [1.165, 1.54) is 39.9 Å². The van der Waals surface area contributed by atoms with Gasteiger partial charge < -0.3 is 9.72 Å². The van der Waals surface area contributed by atoms with Crippen LogP contribution in [0.2, 0.25) is 18.1 Å². The summed E-state index contributed by atoms with van der Waals surface area (Å²) < 4.78 is 5.97. The first-order chi connectivity index (χ1) is 10.1. The first-order valence-electron chi connectivity index (χ1n) is 8.29. The number of ether oxygens (including phenoxy) is 1. The second-order valence-corrected chi connectivity index (χ2v) is 11.4. The molecule has 0 atom stereocenters. The first kappa shape index (κ1) is 16.3. The molecule has 3 heteroatoms. The van der Waals surface area contributed by atoms with E-state index in [-0.39, 0.29) is 6.10 Å². The SMILES string of the molecule is CC[Si](CC)(CC)c1[nH]c2ccccc2c1COC(C)C. The van der Waals surface area contributed by atoms with Gasteiger partial charge in [-0.15, -0.1) is 0 Å². The molecule has 0 aliphatic rings. The minimum Gasteiger partial charge on any atom is -0.374 e. The molecule has 0 radical (unpaired) electrons. The molecule has 1 N–H and O–H groups in total. The molecule has 0 bridgehead atoms. The predicted molar refractivity (Wildman–Crippen MR) is 95.1 cm³/mol. The third kappa shape index (κ3) is 3.09. The van der Waals surface area contributed by atoms with E-state index in [1.54, 1.807) is 0 Å². The fraction of sp³-hybridized carbons (Fsp3) is 0.556. The van der Waals surface area contributed by atoms with Gasteiger partial charge in [-0.3, -0.25) is 0 Å². The number of fused-ring (bicyclic) bond motifs is 1. The number of hydrogen-bond donors (Lipinski definition) is 1. The first-order valence-corrected chi connectivity index (χ1v) is 10.9. The Morgan fingerprint density at radius 1 is 1.05 bits per heavy atom. The zero-order chi connectivity index (χ0) is 15.5. The van der Waals surface area contributed by atoms with E-state index in [2.05, 4.69) is 63.9 Å². The Hall–Kier alpha value is -1.06. The van der Waals surface area contributed by atoms with Crippen LogP contribution < -0.4 is 5.32 Å². The summed E-state index contributed by atoms with van der Waals surface area (Å²) in [6, 6.07) is 12.5. The monoisotopic (exact) mass is 303 g/mol. The van der Waals surface area contributed by atoms with Gasteiger partial charge in [0.25, 0.3) is 0 Å². The van der Waals surface area contributed by atoms with Crippen molar-refractivity contribution in [1.82, 2.24) is 4.98 Å². The average molecular weight is 304 g/mol. The number of aromatic amines is 1. The minimum atomic E-state index is -1.43. The molecule has 0 spiro atoms. The zero-order valence-corrected chi connectivity index (χ0v) is 15.1. The van der Waals surface area contributed by atoms with Crippen LogP contribution in [0.25, 0.3) is 10.9 Å². The largest absolute Gasteiger partial charge is 0.374 e. The molecular weight excluding hydrogens is 274 g/mol. The molecule has 1 aromatic carbocycles. The molecule has 0 fully saturated rings. The van der Waals surface area contributed by atoms with E-state index in [4.69, 9.17) is 4.74 Å². The Morgan fingerprint density at radius 2 is 1.67 bits per heavy atom. The summed E-state index contributed by atoms with van der Waals surface area (Å²) in [7, 11) is -1.43. The van der Waals surface area contributed by atoms with Gasteiger partial charge in [0.05, 0.1) is 12.7 Å². The Balaban J connectivity index is 2.58. The normalized spacial score (nSPS) is 12.5. The van der Waals surface area contributed by atoms with Gasteiger partial charge in [-0.1, -0.05) is 57.1 Å². The lowest BCUT2D eigenvalue weighted by Gasteiger charge is -2.28. The van der Waals surface area contributed by atoms with Crippen LogP contribution >= 0.6 is 0 Å². The fourth-order valence-corrected chi connectivity index (χ4v) is 7.14. The summed E-state index contributed by atoms with van der Waals surface area (Å²) >= 11 is 0. The number of H-pyrrole nitrogens is 1. The number of benzene rings is 1. The highest BCUT2D eigenvalue weighted by atomic mass is 28.3. The smallest absolute Gasteiger partial charge is 0.107 e. The van der Waals surface area contributed by atoms with Gasteiger partial charge >= 0.3 is 0 Å². The van der Waals surface area contributed by atoms with Gasteiger partial charge in [-0.2, -0.15) is 0 Å². The molecule has 0 aliphatic carbocycles. The fourth-order valence-electron chi connectivity index (χ4n) is 3.33. The van der Waals surface area contributed by atoms with Crippen molar-refractivity contribution in [3.05, 3.63) is 29.8 Å². The molecule has 21 heavy (non-hydrogen) atoms. The molecular formula is C18H29NOSi. The summed E-state index contributed by atoms with van der Waals surface area (Å²) in [5.74, 6) is 0. The van der Waals surface area contributed by atoms with Crippen molar-refractivity contribution in [2.45, 2.75) is 65.5 Å². The number of para-hydroxylation sites is 1. The molecule has 1 aromatic heterocycles. The molecule has 0 saturated heterocycles. The maximum absolute atomic E-state index is 5.97. The molecule has 0 unspecified atom stereocenters. The number of hydrogen-bond acceptors (Lipinski definition) is 1. The molecule has 1 heterocycles. The molecule has 0 amide bonds. The van der Waals surface area contributed by atoms with E-state index in [0.717, 1.165) is 6.61 Å². The van der Waals surface area contributed by atoms with Crippen LogP contribution in [-0.4, -0.2) is 19.2 Å². The lowest BCUT2D eigenvalue weighted by Crippen LogP contribution is -2.48. The van der Waals surface area contributed by atoms with Crippen LogP contribution in [-0.2, 0) is 11.3 Å². The van der Waals surface area contributed by atoms with Crippen LogP contribution in [0.5, 0.6) is 0 Å². The Bertz CT molecular complexity index is 576. The van der Waals surface area contributed by atoms with Gasteiger partial charge in [0.15, 0.2) is 0 Å². The zero-order valence-electron chi connectivity index (χ0n) is 14.1. The van der Waals surface area contributed by atoms with Crippen LogP contribution in [0.4, 0.5) is 0 Å². The molecule has 0 aliphatic heterocycles. The van der Waals surface area contributed by atoms with Crippen molar-refractivity contribution in [3.63, 3.8) is 0 Å². The van der Waals surface area contributed by atoms with Crippen LogP contribution in [0.1, 0.15) is 40.2 Å². The summed E-state index contributed by atoms with van der Waals surface area (Å²) in [5, 5.41) is 2.87. The standard InChI is InChI=1S/C18H29NOSi/c1-6-21(7-2,8-3)18-16(13-20-14(4)5)15-11-9-10-12-17(15)19-18/h9-12,14,19H,6-8,13H2,1-5H3. The lowest BCUT2D eigenvalue weighted by molar-refractivity contribution is 0.0668. The summed E-state index contributed by atoms with van der Waals surface area (Å²) in [6.45, 7) is 12.0. The van der Waals surface area contributed by atoms with E-state index < -0.39 is 8.07 Å². The third-order valence-corrected chi connectivity index (χ3v) is 10.5. The van der Waals surface area contributed by atoms with E-state index in [9.17, 15) is 0 Å². The lowest BCUT2D eigenvalue weighted by atomic mass is 10.2. The van der Waals surface area contributed by atoms with E-state index in [0.29, 0.717) is 0 Å². The van der Waals surface area contributed by atoms with Crippen molar-refractivity contribution in [3.8, 4) is 0 Å². The second kappa shape index (κ2) is 6.80. The summed E-state index contributed by atoms with van der Waals surface area (Å²) in [5.41, 5.74) is 2.68. The van der Waals surface area contributed by atoms with Crippen molar-refractivity contribution < 1.29 is 4.74 Å². The summed E-state index contributed by atoms with van der Waals surface area (Å²) in [4.78, 5) is 3.76. The summed E-state index contributed by atoms with van der Waals surface area (Å²) in [6.07, 6.45) is 0.271. The minimum absolute atomic E-state index is 0.271. The Labute approximate surface area is 129 Å². The van der Waals surface area contributed by atoms with Gasteiger partial charge in [0.1, 0.15) is 8.07 Å². The third-order valence-electron chi connectivity index (χ3n) is 4.94. The molecule has 2 aromatic rings. The maximum atomic E-state index is 5.97. The van der Waals surface area contributed by atoms with Crippen LogP contribution in [0.3, 0.4) is 0 Å². The van der Waals surface area contributed by atoms with Crippen molar-refractivity contribution in [2.75, 3.05) is 0 Å². The average Bonchev–Trinajstić information content (AvgIpc) is 2.87. The highest BCUT2D eigenvalue weighted by Gasteiger charge is 2.33. The predicted octanol–water partition coefficient (Wildman–Crippen LogP) is 4.81. The molecule has 116 valence electrons. The van der Waals surface area contributed by atoms with Crippen molar-refractivity contribution >= 4 is 24.3 Å². The van der Waals surface area contributed by atoms with Gasteiger partial charge in [-0.05, 0) is 19.9 Å². The number of rotatable bonds is 7. The van der Waals surface area contributed by atoms with Gasteiger partial charge in [0.2, 0.25) is 0 Å². The van der Waals surface area contributed by atoms with Crippen molar-refractivity contribution in [1.29, 1.82) is 0 Å².